The molecule has 1 saturated heterocycles. The molecule has 5 heteroatoms. The van der Waals surface area contributed by atoms with Gasteiger partial charge in [0, 0.05) is 23.6 Å². The van der Waals surface area contributed by atoms with Crippen molar-refractivity contribution < 1.29 is 9.59 Å². The predicted molar refractivity (Wildman–Crippen MR) is 80.1 cm³/mol. The minimum atomic E-state index is -0.252. The SMILES string of the molecule is O=C1C=C(N2CCCCC2)C(=O)N1c1ccc(Br)cc1. The molecule has 0 bridgehead atoms. The van der Waals surface area contributed by atoms with Crippen LogP contribution in [0.2, 0.25) is 0 Å². The van der Waals surface area contributed by atoms with E-state index in [9.17, 15) is 9.59 Å². The molecule has 2 amide bonds. The zero-order valence-corrected chi connectivity index (χ0v) is 12.6. The normalized spacial score (nSPS) is 19.6. The lowest BCUT2D eigenvalue weighted by atomic mass is 10.1. The average molecular weight is 335 g/mol. The van der Waals surface area contributed by atoms with Gasteiger partial charge in [-0.1, -0.05) is 15.9 Å². The number of imide groups is 1. The molecule has 1 aromatic rings. The van der Waals surface area contributed by atoms with Crippen LogP contribution >= 0.6 is 15.9 Å². The molecule has 3 rings (SSSR count). The Bertz CT molecular complexity index is 574. The third kappa shape index (κ3) is 2.38. The molecule has 2 aliphatic rings. The largest absolute Gasteiger partial charge is 0.367 e. The van der Waals surface area contributed by atoms with Crippen LogP contribution < -0.4 is 4.90 Å². The summed E-state index contributed by atoms with van der Waals surface area (Å²) >= 11 is 3.35. The number of hydrogen-bond donors (Lipinski definition) is 0. The van der Waals surface area contributed by atoms with Crippen LogP contribution in [0.15, 0.2) is 40.5 Å². The Morgan fingerprint density at radius 3 is 2.25 bits per heavy atom. The molecule has 0 spiro atoms. The first kappa shape index (κ1) is 13.4. The van der Waals surface area contributed by atoms with Gasteiger partial charge in [-0.3, -0.25) is 9.59 Å². The Kier molecular flexibility index (Phi) is 3.61. The number of piperidine rings is 1. The molecule has 2 aliphatic heterocycles. The van der Waals surface area contributed by atoms with E-state index in [4.69, 9.17) is 0 Å². The molecule has 0 N–H and O–H groups in total. The Balaban J connectivity index is 1.84. The maximum Gasteiger partial charge on any atom is 0.281 e. The monoisotopic (exact) mass is 334 g/mol. The van der Waals surface area contributed by atoms with Gasteiger partial charge in [0.1, 0.15) is 5.70 Å². The van der Waals surface area contributed by atoms with E-state index in [1.165, 1.54) is 17.4 Å². The van der Waals surface area contributed by atoms with Gasteiger partial charge in [-0.05, 0) is 43.5 Å². The van der Waals surface area contributed by atoms with Crippen molar-refractivity contribution in [3.8, 4) is 0 Å². The highest BCUT2D eigenvalue weighted by atomic mass is 79.9. The second-order valence-electron chi connectivity index (χ2n) is 5.03. The Labute approximate surface area is 126 Å². The molecule has 0 atom stereocenters. The second kappa shape index (κ2) is 5.40. The Morgan fingerprint density at radius 1 is 0.950 bits per heavy atom. The lowest BCUT2D eigenvalue weighted by Crippen LogP contribution is -2.37. The van der Waals surface area contributed by atoms with Crippen molar-refractivity contribution >= 4 is 33.4 Å². The van der Waals surface area contributed by atoms with Gasteiger partial charge < -0.3 is 4.90 Å². The van der Waals surface area contributed by atoms with Crippen LogP contribution in [0.1, 0.15) is 19.3 Å². The van der Waals surface area contributed by atoms with Gasteiger partial charge in [-0.2, -0.15) is 0 Å². The van der Waals surface area contributed by atoms with E-state index in [0.717, 1.165) is 30.4 Å². The van der Waals surface area contributed by atoms with Crippen LogP contribution in [0.5, 0.6) is 0 Å². The first-order chi connectivity index (χ1) is 9.66. The zero-order valence-electron chi connectivity index (χ0n) is 11.0. The summed E-state index contributed by atoms with van der Waals surface area (Å²) in [4.78, 5) is 27.9. The lowest BCUT2D eigenvalue weighted by molar-refractivity contribution is -0.121. The van der Waals surface area contributed by atoms with Crippen LogP contribution in [-0.2, 0) is 9.59 Å². The number of nitrogens with zero attached hydrogens (tertiary/aromatic N) is 2. The predicted octanol–water partition coefficient (Wildman–Crippen LogP) is 2.69. The van der Waals surface area contributed by atoms with Crippen LogP contribution in [0.25, 0.3) is 0 Å². The molecule has 4 nitrogen and oxygen atoms in total. The van der Waals surface area contributed by atoms with Crippen LogP contribution in [-0.4, -0.2) is 29.8 Å². The summed E-state index contributed by atoms with van der Waals surface area (Å²) < 4.78 is 0.921. The molecule has 0 aliphatic carbocycles. The number of rotatable bonds is 2. The van der Waals surface area contributed by atoms with Crippen LogP contribution in [0, 0.1) is 0 Å². The molecule has 2 heterocycles. The molecule has 0 aromatic heterocycles. The Morgan fingerprint density at radius 2 is 1.60 bits per heavy atom. The van der Waals surface area contributed by atoms with Gasteiger partial charge in [-0.15, -0.1) is 0 Å². The first-order valence-corrected chi connectivity index (χ1v) is 7.57. The van der Waals surface area contributed by atoms with Gasteiger partial charge >= 0.3 is 0 Å². The lowest BCUT2D eigenvalue weighted by Gasteiger charge is -2.29. The maximum atomic E-state index is 12.5. The van der Waals surface area contributed by atoms with E-state index in [2.05, 4.69) is 15.9 Å². The summed E-state index contributed by atoms with van der Waals surface area (Å²) in [6, 6.07) is 7.20. The summed E-state index contributed by atoms with van der Waals surface area (Å²) in [6.45, 7) is 1.72. The van der Waals surface area contributed by atoms with Crippen molar-refractivity contribution in [3.05, 3.63) is 40.5 Å². The van der Waals surface area contributed by atoms with E-state index in [1.807, 2.05) is 17.0 Å². The fourth-order valence-electron chi connectivity index (χ4n) is 2.65. The third-order valence-electron chi connectivity index (χ3n) is 3.68. The minimum Gasteiger partial charge on any atom is -0.367 e. The highest BCUT2D eigenvalue weighted by molar-refractivity contribution is 9.10. The number of carbonyl (C=O) groups excluding carboxylic acids is 2. The zero-order chi connectivity index (χ0) is 14.1. The number of hydrogen-bond acceptors (Lipinski definition) is 3. The van der Waals surface area contributed by atoms with Gasteiger partial charge in [-0.25, -0.2) is 4.90 Å². The molecule has 0 unspecified atom stereocenters. The number of benzene rings is 1. The van der Waals surface area contributed by atoms with Gasteiger partial charge in [0.05, 0.1) is 5.69 Å². The summed E-state index contributed by atoms with van der Waals surface area (Å²) in [7, 11) is 0. The highest BCUT2D eigenvalue weighted by Gasteiger charge is 2.35. The van der Waals surface area contributed by atoms with Crippen molar-refractivity contribution in [2.75, 3.05) is 18.0 Å². The van der Waals surface area contributed by atoms with Crippen molar-refractivity contribution in [1.29, 1.82) is 0 Å². The van der Waals surface area contributed by atoms with E-state index >= 15 is 0 Å². The molecule has 0 radical (unpaired) electrons. The van der Waals surface area contributed by atoms with E-state index in [1.54, 1.807) is 12.1 Å². The molecule has 20 heavy (non-hydrogen) atoms. The number of carbonyl (C=O) groups is 2. The standard InChI is InChI=1S/C15H15BrN2O2/c16-11-4-6-12(7-5-11)18-14(19)10-13(15(18)20)17-8-2-1-3-9-17/h4-7,10H,1-3,8-9H2. The van der Waals surface area contributed by atoms with Gasteiger partial charge in [0.25, 0.3) is 11.8 Å². The quantitative estimate of drug-likeness (QED) is 0.781. The number of likely N-dealkylation sites (tertiary alicyclic amines) is 1. The average Bonchev–Trinajstić information content (AvgIpc) is 2.76. The number of amides is 2. The van der Waals surface area contributed by atoms with E-state index in [0.29, 0.717) is 11.4 Å². The van der Waals surface area contributed by atoms with Gasteiger partial charge in [0.2, 0.25) is 0 Å². The molecular formula is C15H15BrN2O2. The molecular weight excluding hydrogens is 320 g/mol. The van der Waals surface area contributed by atoms with Crippen LogP contribution in [0.3, 0.4) is 0 Å². The van der Waals surface area contributed by atoms with Gasteiger partial charge in [0.15, 0.2) is 0 Å². The molecule has 0 saturated carbocycles. The van der Waals surface area contributed by atoms with Crippen molar-refractivity contribution in [1.82, 2.24) is 4.90 Å². The maximum absolute atomic E-state index is 12.5. The number of anilines is 1. The summed E-state index contributed by atoms with van der Waals surface area (Å²) in [5, 5.41) is 0. The fourth-order valence-corrected chi connectivity index (χ4v) is 2.92. The third-order valence-corrected chi connectivity index (χ3v) is 4.21. The second-order valence-corrected chi connectivity index (χ2v) is 5.95. The van der Waals surface area contributed by atoms with Crippen molar-refractivity contribution in [2.24, 2.45) is 0 Å². The highest BCUT2D eigenvalue weighted by Crippen LogP contribution is 2.27. The van der Waals surface area contributed by atoms with Crippen LogP contribution in [0.4, 0.5) is 5.69 Å². The van der Waals surface area contributed by atoms with E-state index in [-0.39, 0.29) is 11.8 Å². The molecule has 104 valence electrons. The number of halogens is 1. The molecule has 1 aromatic carbocycles. The summed E-state index contributed by atoms with van der Waals surface area (Å²) in [5.41, 5.74) is 1.16. The smallest absolute Gasteiger partial charge is 0.281 e. The molecule has 1 fully saturated rings. The van der Waals surface area contributed by atoms with E-state index < -0.39 is 0 Å². The van der Waals surface area contributed by atoms with Crippen molar-refractivity contribution in [3.63, 3.8) is 0 Å². The summed E-state index contributed by atoms with van der Waals surface area (Å²) in [6.07, 6.45) is 4.83. The summed E-state index contributed by atoms with van der Waals surface area (Å²) in [5.74, 6) is -0.461. The van der Waals surface area contributed by atoms with Crippen molar-refractivity contribution in [2.45, 2.75) is 19.3 Å². The topological polar surface area (TPSA) is 40.6 Å². The fraction of sp³-hybridized carbons (Fsp3) is 0.333. The Hall–Kier alpha value is -1.62. The minimum absolute atomic E-state index is 0.209. The first-order valence-electron chi connectivity index (χ1n) is 6.77.